The molecule has 1 amide bonds. The van der Waals surface area contributed by atoms with Crippen LogP contribution in [0.5, 0.6) is 0 Å². The molecule has 2 aromatic heterocycles. The molecule has 0 saturated carbocycles. The van der Waals surface area contributed by atoms with Crippen molar-refractivity contribution in [3.63, 3.8) is 0 Å². The van der Waals surface area contributed by atoms with Crippen LogP contribution in [0, 0.1) is 18.6 Å². The quantitative estimate of drug-likeness (QED) is 0.318. The fraction of sp³-hybridized carbons (Fsp3) is 0.231. The van der Waals surface area contributed by atoms with Gasteiger partial charge in [0.15, 0.2) is 5.82 Å². The first-order valence-electron chi connectivity index (χ1n) is 11.1. The highest BCUT2D eigenvalue weighted by atomic mass is 35.5. The second kappa shape index (κ2) is 9.40. The van der Waals surface area contributed by atoms with Gasteiger partial charge >= 0.3 is 0 Å². The van der Waals surface area contributed by atoms with Crippen LogP contribution in [0.3, 0.4) is 0 Å². The first-order chi connectivity index (χ1) is 16.9. The second-order valence-electron chi connectivity index (χ2n) is 9.06. The summed E-state index contributed by atoms with van der Waals surface area (Å²) in [5, 5.41) is 14.1. The van der Waals surface area contributed by atoms with Gasteiger partial charge in [0.25, 0.3) is 0 Å². The molecule has 36 heavy (non-hydrogen) atoms. The van der Waals surface area contributed by atoms with E-state index in [0.29, 0.717) is 27.8 Å². The summed E-state index contributed by atoms with van der Waals surface area (Å²) in [5.41, 5.74) is 6.29. The predicted molar refractivity (Wildman–Crippen MR) is 135 cm³/mol. The van der Waals surface area contributed by atoms with Gasteiger partial charge in [0.2, 0.25) is 5.91 Å². The number of hydrogen-bond acceptors (Lipinski definition) is 6. The van der Waals surface area contributed by atoms with E-state index in [0.717, 1.165) is 0 Å². The largest absolute Gasteiger partial charge is 0.382 e. The number of nitrogens with one attached hydrogen (secondary N) is 1. The number of halogens is 3. The molecular weight excluding hydrogens is 488 g/mol. The third-order valence-electron chi connectivity index (χ3n) is 5.80. The van der Waals surface area contributed by atoms with Crippen LogP contribution < -0.4 is 11.1 Å². The molecule has 0 radical (unpaired) electrons. The molecule has 7 nitrogen and oxygen atoms in total. The van der Waals surface area contributed by atoms with Crippen molar-refractivity contribution in [1.29, 1.82) is 0 Å². The van der Waals surface area contributed by atoms with Gasteiger partial charge in [-0.3, -0.25) is 9.78 Å². The topological polar surface area (TPSA) is 114 Å². The number of nitrogens with two attached hydrogens (primary N) is 1. The average molecular weight is 512 g/mol. The summed E-state index contributed by atoms with van der Waals surface area (Å²) in [5.74, 6) is -1.55. The van der Waals surface area contributed by atoms with E-state index in [4.69, 9.17) is 17.3 Å². The number of aryl methyl sites for hydroxylation is 1. The number of benzene rings is 2. The maximum absolute atomic E-state index is 15.1. The van der Waals surface area contributed by atoms with E-state index in [1.807, 2.05) is 0 Å². The van der Waals surface area contributed by atoms with Gasteiger partial charge in [-0.15, -0.1) is 0 Å². The van der Waals surface area contributed by atoms with Crippen LogP contribution in [0.2, 0.25) is 5.02 Å². The Kier molecular flexibility index (Phi) is 6.64. The number of carbonyl (C=O) groups excluding carboxylic acids is 1. The molecule has 1 atom stereocenters. The zero-order valence-corrected chi connectivity index (χ0v) is 20.8. The molecule has 0 aliphatic carbocycles. The molecule has 2 aromatic carbocycles. The van der Waals surface area contributed by atoms with Crippen molar-refractivity contribution in [2.24, 2.45) is 5.73 Å². The number of aliphatic hydroxyl groups is 1. The predicted octanol–water partition coefficient (Wildman–Crippen LogP) is 5.43. The summed E-state index contributed by atoms with van der Waals surface area (Å²) >= 11 is 6.60. The van der Waals surface area contributed by atoms with Crippen molar-refractivity contribution < 1.29 is 18.7 Å². The van der Waals surface area contributed by atoms with Crippen LogP contribution in [-0.4, -0.2) is 26.0 Å². The number of carbonyl (C=O) groups is 1. The molecule has 4 aromatic rings. The lowest BCUT2D eigenvalue weighted by Crippen LogP contribution is -2.19. The van der Waals surface area contributed by atoms with Crippen LogP contribution in [0.1, 0.15) is 54.3 Å². The molecule has 0 saturated heterocycles. The molecule has 0 aliphatic heterocycles. The fourth-order valence-corrected chi connectivity index (χ4v) is 4.05. The summed E-state index contributed by atoms with van der Waals surface area (Å²) in [4.78, 5) is 24.3. The van der Waals surface area contributed by atoms with Crippen LogP contribution in [0.25, 0.3) is 22.0 Å². The van der Waals surface area contributed by atoms with E-state index in [1.54, 1.807) is 33.8 Å². The molecule has 0 unspecified atom stereocenters. The number of rotatable bonds is 6. The maximum atomic E-state index is 15.1. The number of aromatic nitrogens is 3. The minimum absolute atomic E-state index is 0.167. The number of amides is 1. The van der Waals surface area contributed by atoms with Crippen LogP contribution in [-0.2, 0) is 5.60 Å². The number of fused-ring (bicyclic) bond motifs is 1. The first-order valence-corrected chi connectivity index (χ1v) is 11.4. The van der Waals surface area contributed by atoms with Crippen molar-refractivity contribution in [3.05, 3.63) is 82.0 Å². The summed E-state index contributed by atoms with van der Waals surface area (Å²) in [6.07, 6.45) is 2.85. The number of nitrogens with zero attached hydrogens (tertiary/aromatic N) is 3. The van der Waals surface area contributed by atoms with Crippen molar-refractivity contribution in [1.82, 2.24) is 15.0 Å². The lowest BCUT2D eigenvalue weighted by atomic mass is 10.0. The summed E-state index contributed by atoms with van der Waals surface area (Å²) < 4.78 is 29.7. The third-order valence-corrected chi connectivity index (χ3v) is 6.26. The molecule has 0 bridgehead atoms. The number of anilines is 1. The first kappa shape index (κ1) is 25.4. The zero-order valence-electron chi connectivity index (χ0n) is 20.0. The van der Waals surface area contributed by atoms with Crippen LogP contribution >= 0.6 is 11.6 Å². The van der Waals surface area contributed by atoms with Gasteiger partial charge in [-0.1, -0.05) is 11.6 Å². The molecule has 0 spiro atoms. The minimum Gasteiger partial charge on any atom is -0.382 e. The summed E-state index contributed by atoms with van der Waals surface area (Å²) in [6, 6.07) is 6.09. The summed E-state index contributed by atoms with van der Waals surface area (Å²) in [6.45, 7) is 6.49. The van der Waals surface area contributed by atoms with Gasteiger partial charge in [0.05, 0.1) is 28.0 Å². The van der Waals surface area contributed by atoms with Crippen molar-refractivity contribution in [3.8, 4) is 11.1 Å². The monoisotopic (exact) mass is 511 g/mol. The van der Waals surface area contributed by atoms with E-state index in [9.17, 15) is 14.3 Å². The van der Waals surface area contributed by atoms with Crippen molar-refractivity contribution in [2.75, 3.05) is 5.32 Å². The lowest BCUT2D eigenvalue weighted by Gasteiger charge is -2.21. The average Bonchev–Trinajstić information content (AvgIpc) is 2.81. The van der Waals surface area contributed by atoms with Gasteiger partial charge < -0.3 is 16.2 Å². The fourth-order valence-electron chi connectivity index (χ4n) is 3.85. The Morgan fingerprint density at radius 1 is 1.14 bits per heavy atom. The number of pyridine rings is 1. The van der Waals surface area contributed by atoms with Crippen molar-refractivity contribution >= 4 is 34.1 Å². The second-order valence-corrected chi connectivity index (χ2v) is 9.43. The van der Waals surface area contributed by atoms with Gasteiger partial charge in [-0.25, -0.2) is 18.7 Å². The highest BCUT2D eigenvalue weighted by Crippen LogP contribution is 2.38. The molecule has 4 rings (SSSR count). The van der Waals surface area contributed by atoms with Gasteiger partial charge in [-0.2, -0.15) is 0 Å². The van der Waals surface area contributed by atoms with Crippen LogP contribution in [0.15, 0.2) is 42.7 Å². The Bertz CT molecular complexity index is 1490. The summed E-state index contributed by atoms with van der Waals surface area (Å²) in [7, 11) is 0. The van der Waals surface area contributed by atoms with E-state index in [-0.39, 0.29) is 27.5 Å². The Balaban J connectivity index is 1.83. The van der Waals surface area contributed by atoms with E-state index >= 15 is 4.39 Å². The zero-order chi connectivity index (χ0) is 26.4. The Morgan fingerprint density at radius 2 is 1.81 bits per heavy atom. The standard InChI is InChI=1S/C26H24ClF2N5O2/c1-12(16-7-14(24(30)35)5-6-19(16)28)34-23-18-8-17(15-10-31-25(32-11-15)26(3,4)36)20(29)9-21(18)33-13(2)22(23)27/h5-12,36H,1-4H3,(H2,30,35)(H,33,34)/t12-/m1/s1. The van der Waals surface area contributed by atoms with Gasteiger partial charge in [0.1, 0.15) is 17.2 Å². The Labute approximate surface area is 211 Å². The molecular formula is C26H24ClF2N5O2. The van der Waals surface area contributed by atoms with E-state index < -0.39 is 29.2 Å². The minimum atomic E-state index is -1.25. The number of hydrogen-bond donors (Lipinski definition) is 3. The molecule has 10 heteroatoms. The molecule has 2 heterocycles. The Hall–Kier alpha value is -3.69. The molecule has 4 N–H and O–H groups in total. The maximum Gasteiger partial charge on any atom is 0.248 e. The number of primary amides is 1. The SMILES string of the molecule is Cc1nc2cc(F)c(-c3cnc(C(C)(C)O)nc3)cc2c(N[C@H](C)c2cc(C(N)=O)ccc2F)c1Cl. The van der Waals surface area contributed by atoms with E-state index in [2.05, 4.69) is 20.3 Å². The molecule has 0 aliphatic rings. The van der Waals surface area contributed by atoms with Gasteiger partial charge in [-0.05, 0) is 52.0 Å². The molecule has 0 fully saturated rings. The molecule has 186 valence electrons. The van der Waals surface area contributed by atoms with Crippen LogP contribution in [0.4, 0.5) is 14.5 Å². The third kappa shape index (κ3) is 4.84. The smallest absolute Gasteiger partial charge is 0.248 e. The highest BCUT2D eigenvalue weighted by Gasteiger charge is 2.22. The highest BCUT2D eigenvalue weighted by molar-refractivity contribution is 6.35. The lowest BCUT2D eigenvalue weighted by molar-refractivity contribution is 0.0687. The Morgan fingerprint density at radius 3 is 2.42 bits per heavy atom. The van der Waals surface area contributed by atoms with Gasteiger partial charge in [0, 0.05) is 46.1 Å². The van der Waals surface area contributed by atoms with E-state index in [1.165, 1.54) is 36.7 Å². The van der Waals surface area contributed by atoms with Crippen molar-refractivity contribution in [2.45, 2.75) is 39.3 Å². The normalized spacial score (nSPS) is 12.6.